The predicted molar refractivity (Wildman–Crippen MR) is 88.0 cm³/mol. The molecule has 0 radical (unpaired) electrons. The van der Waals surface area contributed by atoms with Gasteiger partial charge in [-0.25, -0.2) is 4.98 Å². The normalized spacial score (nSPS) is 13.3. The van der Waals surface area contributed by atoms with Crippen LogP contribution in [-0.2, 0) is 13.0 Å². The maximum absolute atomic E-state index is 11.8. The molecule has 3 aromatic rings. The van der Waals surface area contributed by atoms with Crippen LogP contribution >= 0.6 is 11.3 Å². The molecule has 2 aromatic heterocycles. The van der Waals surface area contributed by atoms with E-state index in [-0.39, 0.29) is 5.78 Å². The lowest BCUT2D eigenvalue weighted by Crippen LogP contribution is -1.99. The number of Topliss-reactive ketones (excluding diaryl/α,β-unsaturated/α-hetero) is 1. The van der Waals surface area contributed by atoms with Gasteiger partial charge in [-0.1, -0.05) is 12.1 Å². The fraction of sp³-hybridized carbons (Fsp3) is 0.222. The Morgan fingerprint density at radius 3 is 3.00 bits per heavy atom. The minimum atomic E-state index is 0.203. The van der Waals surface area contributed by atoms with E-state index in [0.717, 1.165) is 45.5 Å². The number of carbonyl (C=O) groups excluding carboxylic acids is 1. The van der Waals surface area contributed by atoms with Crippen molar-refractivity contribution in [3.63, 3.8) is 0 Å². The molecule has 4 nitrogen and oxygen atoms in total. The topological polar surface area (TPSA) is 52.3 Å². The van der Waals surface area contributed by atoms with E-state index in [4.69, 9.17) is 9.15 Å². The molecule has 0 amide bonds. The second kappa shape index (κ2) is 5.66. The number of hydrogen-bond acceptors (Lipinski definition) is 5. The van der Waals surface area contributed by atoms with Crippen molar-refractivity contribution in [2.45, 2.75) is 26.4 Å². The van der Waals surface area contributed by atoms with Gasteiger partial charge in [0, 0.05) is 22.9 Å². The number of ether oxygens (including phenoxy) is 1. The van der Waals surface area contributed by atoms with E-state index >= 15 is 0 Å². The van der Waals surface area contributed by atoms with Crippen LogP contribution in [0.5, 0.6) is 5.75 Å². The van der Waals surface area contributed by atoms with Crippen LogP contribution in [0.15, 0.2) is 40.1 Å². The van der Waals surface area contributed by atoms with Gasteiger partial charge >= 0.3 is 0 Å². The maximum Gasteiger partial charge on any atom is 0.163 e. The number of aromatic nitrogens is 1. The summed E-state index contributed by atoms with van der Waals surface area (Å²) in [4.78, 5) is 16.3. The molecule has 1 aliphatic rings. The molecule has 0 N–H and O–H groups in total. The van der Waals surface area contributed by atoms with Gasteiger partial charge in [-0.3, -0.25) is 4.79 Å². The number of rotatable bonds is 4. The van der Waals surface area contributed by atoms with Gasteiger partial charge in [0.1, 0.15) is 18.1 Å². The molecular formula is C18H15NO3S. The SMILES string of the molecule is Cc1ccc(-c2nc(COc3cccc4c3CCC4=O)cs2)o1. The van der Waals surface area contributed by atoms with Gasteiger partial charge in [0.15, 0.2) is 16.6 Å². The minimum absolute atomic E-state index is 0.203. The van der Waals surface area contributed by atoms with Gasteiger partial charge in [-0.2, -0.15) is 0 Å². The Hall–Kier alpha value is -2.40. The summed E-state index contributed by atoms with van der Waals surface area (Å²) in [5.74, 6) is 2.65. The smallest absolute Gasteiger partial charge is 0.163 e. The molecule has 0 saturated carbocycles. The number of carbonyl (C=O) groups is 1. The van der Waals surface area contributed by atoms with Gasteiger partial charge in [0.05, 0.1) is 5.69 Å². The van der Waals surface area contributed by atoms with Crippen LogP contribution in [0.3, 0.4) is 0 Å². The van der Waals surface area contributed by atoms with Crippen molar-refractivity contribution in [1.82, 2.24) is 4.98 Å². The summed E-state index contributed by atoms with van der Waals surface area (Å²) in [5.41, 5.74) is 2.68. The fourth-order valence-corrected chi connectivity index (χ4v) is 3.55. The van der Waals surface area contributed by atoms with Crippen molar-refractivity contribution in [1.29, 1.82) is 0 Å². The lowest BCUT2D eigenvalue weighted by atomic mass is 10.1. The zero-order valence-corrected chi connectivity index (χ0v) is 13.5. The van der Waals surface area contributed by atoms with Crippen molar-refractivity contribution in [2.24, 2.45) is 0 Å². The molecule has 1 aromatic carbocycles. The van der Waals surface area contributed by atoms with Crippen molar-refractivity contribution < 1.29 is 13.9 Å². The minimum Gasteiger partial charge on any atom is -0.487 e. The first kappa shape index (κ1) is 14.2. The third-order valence-electron chi connectivity index (χ3n) is 3.91. The summed E-state index contributed by atoms with van der Waals surface area (Å²) in [6.07, 6.45) is 1.34. The monoisotopic (exact) mass is 325 g/mol. The molecule has 0 spiro atoms. The van der Waals surface area contributed by atoms with E-state index in [1.807, 2.05) is 42.6 Å². The van der Waals surface area contributed by atoms with Gasteiger partial charge in [0.25, 0.3) is 0 Å². The van der Waals surface area contributed by atoms with Crippen molar-refractivity contribution in [3.8, 4) is 16.5 Å². The Kier molecular flexibility index (Phi) is 3.50. The fourth-order valence-electron chi connectivity index (χ4n) is 2.78. The number of nitrogens with zero attached hydrogens (tertiary/aromatic N) is 1. The largest absolute Gasteiger partial charge is 0.487 e. The van der Waals surface area contributed by atoms with Gasteiger partial charge < -0.3 is 9.15 Å². The first-order valence-electron chi connectivity index (χ1n) is 7.50. The molecule has 0 fully saturated rings. The molecule has 0 unspecified atom stereocenters. The molecule has 1 aliphatic carbocycles. The summed E-state index contributed by atoms with van der Waals surface area (Å²) < 4.78 is 11.5. The molecule has 0 atom stereocenters. The molecule has 116 valence electrons. The van der Waals surface area contributed by atoms with E-state index in [0.29, 0.717) is 13.0 Å². The van der Waals surface area contributed by atoms with Gasteiger partial charge in [-0.05, 0) is 31.5 Å². The Bertz CT molecular complexity index is 878. The summed E-state index contributed by atoms with van der Waals surface area (Å²) in [5, 5.41) is 2.83. The molecule has 0 bridgehead atoms. The number of fused-ring (bicyclic) bond motifs is 1. The van der Waals surface area contributed by atoms with E-state index in [1.54, 1.807) is 0 Å². The van der Waals surface area contributed by atoms with Crippen LogP contribution in [0.2, 0.25) is 0 Å². The molecule has 5 heteroatoms. The quantitative estimate of drug-likeness (QED) is 0.712. The Balaban J connectivity index is 1.50. The first-order chi connectivity index (χ1) is 11.2. The van der Waals surface area contributed by atoms with Crippen molar-refractivity contribution in [2.75, 3.05) is 0 Å². The van der Waals surface area contributed by atoms with Crippen LogP contribution in [0.4, 0.5) is 0 Å². The molecule has 23 heavy (non-hydrogen) atoms. The van der Waals surface area contributed by atoms with Crippen molar-refractivity contribution >= 4 is 17.1 Å². The number of thiazole rings is 1. The third kappa shape index (κ3) is 2.68. The average Bonchev–Trinajstić information content (AvgIpc) is 3.26. The molecule has 0 aliphatic heterocycles. The van der Waals surface area contributed by atoms with E-state index in [9.17, 15) is 4.79 Å². The highest BCUT2D eigenvalue weighted by Gasteiger charge is 2.22. The lowest BCUT2D eigenvalue weighted by molar-refractivity contribution is 0.0994. The van der Waals surface area contributed by atoms with Crippen LogP contribution < -0.4 is 4.74 Å². The lowest BCUT2D eigenvalue weighted by Gasteiger charge is -2.08. The Labute approximate surface area is 137 Å². The summed E-state index contributed by atoms with van der Waals surface area (Å²) in [6.45, 7) is 2.30. The molecule has 0 saturated heterocycles. The average molecular weight is 325 g/mol. The zero-order valence-electron chi connectivity index (χ0n) is 12.7. The second-order valence-corrected chi connectivity index (χ2v) is 6.41. The first-order valence-corrected chi connectivity index (χ1v) is 8.38. The number of benzene rings is 1. The van der Waals surface area contributed by atoms with Crippen LogP contribution in [-0.4, -0.2) is 10.8 Å². The van der Waals surface area contributed by atoms with E-state index in [2.05, 4.69) is 4.98 Å². The highest BCUT2D eigenvalue weighted by molar-refractivity contribution is 7.13. The molecular weight excluding hydrogens is 310 g/mol. The van der Waals surface area contributed by atoms with Crippen molar-refractivity contribution in [3.05, 3.63) is 58.3 Å². The molecule has 4 rings (SSSR count). The number of aryl methyl sites for hydroxylation is 1. The van der Waals surface area contributed by atoms with E-state index < -0.39 is 0 Å². The Morgan fingerprint density at radius 1 is 1.26 bits per heavy atom. The number of hydrogen-bond donors (Lipinski definition) is 0. The highest BCUT2D eigenvalue weighted by atomic mass is 32.1. The van der Waals surface area contributed by atoms with Crippen LogP contribution in [0.25, 0.3) is 10.8 Å². The highest BCUT2D eigenvalue weighted by Crippen LogP contribution is 2.31. The summed E-state index contributed by atoms with van der Waals surface area (Å²) >= 11 is 1.54. The van der Waals surface area contributed by atoms with Crippen LogP contribution in [0.1, 0.15) is 33.8 Å². The Morgan fingerprint density at radius 2 is 2.17 bits per heavy atom. The van der Waals surface area contributed by atoms with Gasteiger partial charge in [0.2, 0.25) is 0 Å². The second-order valence-electron chi connectivity index (χ2n) is 5.55. The molecule has 2 heterocycles. The maximum atomic E-state index is 11.8. The standard InChI is InChI=1S/C18H15NO3S/c1-11-5-8-17(22-11)18-19-12(10-23-18)9-21-16-4-2-3-13-14(16)6-7-15(13)20/h2-5,8,10H,6-7,9H2,1H3. The van der Waals surface area contributed by atoms with Crippen LogP contribution in [0, 0.1) is 6.92 Å². The summed E-state index contributed by atoms with van der Waals surface area (Å²) in [7, 11) is 0. The third-order valence-corrected chi connectivity index (χ3v) is 4.82. The number of furan rings is 1. The zero-order chi connectivity index (χ0) is 15.8. The number of ketones is 1. The predicted octanol–water partition coefficient (Wildman–Crippen LogP) is 4.42. The van der Waals surface area contributed by atoms with E-state index in [1.165, 1.54) is 11.3 Å². The summed E-state index contributed by atoms with van der Waals surface area (Å²) in [6, 6.07) is 9.51. The van der Waals surface area contributed by atoms with Gasteiger partial charge in [-0.15, -0.1) is 11.3 Å².